The third-order valence-electron chi connectivity index (χ3n) is 4.33. The van der Waals surface area contributed by atoms with Crippen molar-refractivity contribution < 1.29 is 5.11 Å². The molecule has 3 rings (SSSR count). The van der Waals surface area contributed by atoms with Gasteiger partial charge in [0.05, 0.1) is 11.2 Å². The molecule has 0 saturated heterocycles. The van der Waals surface area contributed by atoms with Gasteiger partial charge >= 0.3 is 0 Å². The lowest BCUT2D eigenvalue weighted by molar-refractivity contribution is 0.407. The lowest BCUT2D eigenvalue weighted by atomic mass is 9.91. The van der Waals surface area contributed by atoms with Gasteiger partial charge in [-0.25, -0.2) is 0 Å². The van der Waals surface area contributed by atoms with E-state index in [4.69, 9.17) is 0 Å². The zero-order valence-corrected chi connectivity index (χ0v) is 10.4. The normalized spacial score (nSPS) is 21.4. The average molecular weight is 232 g/mol. The SMILES string of the molecule is CCN1c2cccc(O)c2NCC12CCCC2. The predicted molar refractivity (Wildman–Crippen MR) is 70.8 cm³/mol. The van der Waals surface area contributed by atoms with Crippen LogP contribution < -0.4 is 10.2 Å². The number of likely N-dealkylation sites (N-methyl/N-ethyl adjacent to an activating group) is 1. The molecule has 1 saturated carbocycles. The van der Waals surface area contributed by atoms with Crippen LogP contribution in [0.25, 0.3) is 0 Å². The van der Waals surface area contributed by atoms with Crippen LogP contribution in [0, 0.1) is 0 Å². The summed E-state index contributed by atoms with van der Waals surface area (Å²) in [6.07, 6.45) is 5.19. The Morgan fingerprint density at radius 2 is 2.12 bits per heavy atom. The molecule has 92 valence electrons. The number of rotatable bonds is 1. The summed E-state index contributed by atoms with van der Waals surface area (Å²) in [5, 5.41) is 13.3. The highest BCUT2D eigenvalue weighted by molar-refractivity contribution is 5.79. The maximum atomic E-state index is 9.91. The smallest absolute Gasteiger partial charge is 0.140 e. The van der Waals surface area contributed by atoms with Crippen molar-refractivity contribution in [2.24, 2.45) is 0 Å². The van der Waals surface area contributed by atoms with Crippen LogP contribution in [-0.4, -0.2) is 23.7 Å². The number of anilines is 2. The molecule has 0 aromatic heterocycles. The van der Waals surface area contributed by atoms with E-state index >= 15 is 0 Å². The molecule has 1 heterocycles. The van der Waals surface area contributed by atoms with Crippen LogP contribution in [0.1, 0.15) is 32.6 Å². The van der Waals surface area contributed by atoms with E-state index in [-0.39, 0.29) is 5.54 Å². The van der Waals surface area contributed by atoms with E-state index in [0.717, 1.165) is 18.8 Å². The van der Waals surface area contributed by atoms with Gasteiger partial charge in [-0.2, -0.15) is 0 Å². The number of phenolic OH excluding ortho intramolecular Hbond substituents is 1. The summed E-state index contributed by atoms with van der Waals surface area (Å²) in [6, 6.07) is 5.81. The van der Waals surface area contributed by atoms with E-state index in [2.05, 4.69) is 23.2 Å². The Kier molecular flexibility index (Phi) is 2.42. The topological polar surface area (TPSA) is 35.5 Å². The Labute approximate surface area is 102 Å². The van der Waals surface area contributed by atoms with Gasteiger partial charge in [-0.3, -0.25) is 0 Å². The molecule has 1 aliphatic carbocycles. The zero-order chi connectivity index (χ0) is 11.9. The van der Waals surface area contributed by atoms with Crippen molar-refractivity contribution in [3.63, 3.8) is 0 Å². The lowest BCUT2D eigenvalue weighted by Gasteiger charge is -2.47. The van der Waals surface area contributed by atoms with E-state index in [1.807, 2.05) is 6.07 Å². The van der Waals surface area contributed by atoms with E-state index in [0.29, 0.717) is 5.75 Å². The minimum atomic E-state index is 0.287. The molecule has 0 unspecified atom stereocenters. The molecule has 0 bridgehead atoms. The molecule has 1 aromatic carbocycles. The predicted octanol–water partition coefficient (Wildman–Crippen LogP) is 2.96. The molecule has 0 amide bonds. The maximum Gasteiger partial charge on any atom is 0.140 e. The van der Waals surface area contributed by atoms with Gasteiger partial charge < -0.3 is 15.3 Å². The third kappa shape index (κ3) is 1.48. The highest BCUT2D eigenvalue weighted by Crippen LogP contribution is 2.46. The van der Waals surface area contributed by atoms with Crippen LogP contribution in [0.2, 0.25) is 0 Å². The van der Waals surface area contributed by atoms with Gasteiger partial charge in [0.25, 0.3) is 0 Å². The minimum absolute atomic E-state index is 0.287. The van der Waals surface area contributed by atoms with Crippen LogP contribution in [-0.2, 0) is 0 Å². The summed E-state index contributed by atoms with van der Waals surface area (Å²) in [4.78, 5) is 2.49. The molecule has 3 heteroatoms. The molecule has 2 aliphatic rings. The second-order valence-corrected chi connectivity index (χ2v) is 5.20. The first-order valence-electron chi connectivity index (χ1n) is 6.60. The largest absolute Gasteiger partial charge is 0.506 e. The standard InChI is InChI=1S/C14H20N2O/c1-2-16-11-6-5-7-12(17)13(11)15-10-14(16)8-3-4-9-14/h5-7,15,17H,2-4,8-10H2,1H3. The first kappa shape index (κ1) is 10.8. The number of phenols is 1. The first-order chi connectivity index (χ1) is 8.27. The van der Waals surface area contributed by atoms with Crippen LogP contribution in [0.15, 0.2) is 18.2 Å². The fourth-order valence-corrected chi connectivity index (χ4v) is 3.52. The second kappa shape index (κ2) is 3.83. The number of aromatic hydroxyl groups is 1. The Morgan fingerprint density at radius 1 is 1.35 bits per heavy atom. The molecule has 17 heavy (non-hydrogen) atoms. The van der Waals surface area contributed by atoms with Crippen molar-refractivity contribution >= 4 is 11.4 Å². The van der Waals surface area contributed by atoms with Crippen molar-refractivity contribution in [3.8, 4) is 5.75 Å². The molecular formula is C14H20N2O. The number of fused-ring (bicyclic) bond motifs is 1. The highest BCUT2D eigenvalue weighted by Gasteiger charge is 2.42. The Balaban J connectivity index is 2.06. The van der Waals surface area contributed by atoms with Gasteiger partial charge in [0.15, 0.2) is 0 Å². The molecule has 1 fully saturated rings. The van der Waals surface area contributed by atoms with Crippen molar-refractivity contribution in [1.29, 1.82) is 0 Å². The molecule has 0 atom stereocenters. The highest BCUT2D eigenvalue weighted by atomic mass is 16.3. The van der Waals surface area contributed by atoms with Crippen molar-refractivity contribution in [2.75, 3.05) is 23.3 Å². The first-order valence-corrected chi connectivity index (χ1v) is 6.60. The quantitative estimate of drug-likeness (QED) is 0.731. The number of benzene rings is 1. The van der Waals surface area contributed by atoms with E-state index in [1.54, 1.807) is 6.07 Å². The Bertz CT molecular complexity index is 424. The van der Waals surface area contributed by atoms with Crippen LogP contribution in [0.3, 0.4) is 0 Å². The summed E-state index contributed by atoms with van der Waals surface area (Å²) < 4.78 is 0. The summed E-state index contributed by atoms with van der Waals surface area (Å²) in [5.74, 6) is 0.369. The number of nitrogens with zero attached hydrogens (tertiary/aromatic N) is 1. The fraction of sp³-hybridized carbons (Fsp3) is 0.571. The van der Waals surface area contributed by atoms with Gasteiger partial charge in [-0.1, -0.05) is 18.9 Å². The van der Waals surface area contributed by atoms with Gasteiger partial charge in [0.1, 0.15) is 11.4 Å². The van der Waals surface area contributed by atoms with E-state index in [9.17, 15) is 5.11 Å². The molecule has 2 N–H and O–H groups in total. The van der Waals surface area contributed by atoms with Crippen LogP contribution >= 0.6 is 0 Å². The maximum absolute atomic E-state index is 9.91. The molecule has 0 radical (unpaired) electrons. The van der Waals surface area contributed by atoms with Gasteiger partial charge in [0, 0.05) is 13.1 Å². The minimum Gasteiger partial charge on any atom is -0.506 e. The molecule has 1 aliphatic heterocycles. The van der Waals surface area contributed by atoms with Crippen LogP contribution in [0.5, 0.6) is 5.75 Å². The monoisotopic (exact) mass is 232 g/mol. The van der Waals surface area contributed by atoms with Gasteiger partial charge in [0.2, 0.25) is 0 Å². The number of hydrogen-bond donors (Lipinski definition) is 2. The summed E-state index contributed by atoms with van der Waals surface area (Å²) >= 11 is 0. The fourth-order valence-electron chi connectivity index (χ4n) is 3.52. The molecule has 1 spiro atoms. The summed E-state index contributed by atoms with van der Waals surface area (Å²) in [6.45, 7) is 4.18. The van der Waals surface area contributed by atoms with E-state index < -0.39 is 0 Å². The Hall–Kier alpha value is -1.38. The van der Waals surface area contributed by atoms with Crippen molar-refractivity contribution in [1.82, 2.24) is 0 Å². The molecule has 1 aromatic rings. The zero-order valence-electron chi connectivity index (χ0n) is 10.4. The molecular weight excluding hydrogens is 212 g/mol. The van der Waals surface area contributed by atoms with E-state index in [1.165, 1.54) is 31.4 Å². The lowest BCUT2D eigenvalue weighted by Crippen LogP contribution is -2.54. The van der Waals surface area contributed by atoms with Crippen molar-refractivity contribution in [3.05, 3.63) is 18.2 Å². The van der Waals surface area contributed by atoms with Crippen LogP contribution in [0.4, 0.5) is 11.4 Å². The number of nitrogens with one attached hydrogen (secondary N) is 1. The second-order valence-electron chi connectivity index (χ2n) is 5.20. The average Bonchev–Trinajstić information content (AvgIpc) is 2.78. The van der Waals surface area contributed by atoms with Crippen molar-refractivity contribution in [2.45, 2.75) is 38.1 Å². The van der Waals surface area contributed by atoms with Gasteiger partial charge in [-0.05, 0) is 31.9 Å². The molecule has 3 nitrogen and oxygen atoms in total. The van der Waals surface area contributed by atoms with Gasteiger partial charge in [-0.15, -0.1) is 0 Å². The Morgan fingerprint density at radius 3 is 2.82 bits per heavy atom. The summed E-state index contributed by atoms with van der Waals surface area (Å²) in [5.41, 5.74) is 2.36. The third-order valence-corrected chi connectivity index (χ3v) is 4.33. The summed E-state index contributed by atoms with van der Waals surface area (Å²) in [7, 11) is 0. The number of hydrogen-bond acceptors (Lipinski definition) is 3. The number of para-hydroxylation sites is 1.